The monoisotopic (exact) mass is 404 g/mol. The quantitative estimate of drug-likeness (QED) is 0.675. The Bertz CT molecular complexity index is 954. The second-order valence-electron chi connectivity index (χ2n) is 7.49. The molecule has 1 aromatic heterocycles. The maximum Gasteiger partial charge on any atom is 0.323 e. The number of benzene rings is 2. The van der Waals surface area contributed by atoms with Crippen LogP contribution < -0.4 is 0 Å². The molecule has 0 saturated heterocycles. The molecule has 7 heteroatoms. The zero-order chi connectivity index (χ0) is 20.9. The minimum Gasteiger partial charge on any atom is -0.480 e. The van der Waals surface area contributed by atoms with Gasteiger partial charge < -0.3 is 10.0 Å². The van der Waals surface area contributed by atoms with Gasteiger partial charge in [-0.15, -0.1) is 5.10 Å². The highest BCUT2D eigenvalue weighted by Crippen LogP contribution is 2.25. The minimum atomic E-state index is -1.03. The Hall–Kier alpha value is -3.48. The van der Waals surface area contributed by atoms with Gasteiger partial charge in [0.1, 0.15) is 6.54 Å². The second kappa shape index (κ2) is 8.90. The number of para-hydroxylation sites is 1. The van der Waals surface area contributed by atoms with Crippen LogP contribution in [0, 0.1) is 0 Å². The van der Waals surface area contributed by atoms with E-state index in [0.717, 1.165) is 43.4 Å². The largest absolute Gasteiger partial charge is 0.480 e. The van der Waals surface area contributed by atoms with Gasteiger partial charge in [-0.3, -0.25) is 9.59 Å². The number of aliphatic carboxylic acids is 1. The molecule has 7 nitrogen and oxygen atoms in total. The standard InChI is InChI=1S/C23H24N4O3/c28-20(29)16-26(18-12-6-2-7-13-18)23(30)21-24-22(17-10-4-1-5-11-17)27(25-21)19-14-8-3-9-15-19/h1,3-5,8-11,14-15,18H,2,6-7,12-13,16H2,(H,28,29). The number of hydrogen-bond donors (Lipinski definition) is 1. The maximum absolute atomic E-state index is 13.3. The van der Waals surface area contributed by atoms with E-state index in [4.69, 9.17) is 0 Å². The Morgan fingerprint density at radius 3 is 2.23 bits per heavy atom. The lowest BCUT2D eigenvalue weighted by atomic mass is 9.94. The average molecular weight is 404 g/mol. The molecule has 1 saturated carbocycles. The van der Waals surface area contributed by atoms with Crippen LogP contribution in [0.25, 0.3) is 17.1 Å². The van der Waals surface area contributed by atoms with Gasteiger partial charge >= 0.3 is 5.97 Å². The van der Waals surface area contributed by atoms with Crippen LogP contribution in [0.1, 0.15) is 42.7 Å². The Morgan fingerprint density at radius 1 is 0.967 bits per heavy atom. The number of aromatic nitrogens is 3. The van der Waals surface area contributed by atoms with Crippen molar-refractivity contribution < 1.29 is 14.7 Å². The van der Waals surface area contributed by atoms with Crippen molar-refractivity contribution in [3.8, 4) is 17.1 Å². The lowest BCUT2D eigenvalue weighted by Gasteiger charge is -2.32. The number of carboxylic acids is 1. The van der Waals surface area contributed by atoms with Crippen molar-refractivity contribution >= 4 is 11.9 Å². The maximum atomic E-state index is 13.3. The van der Waals surface area contributed by atoms with E-state index in [1.165, 1.54) is 4.90 Å². The lowest BCUT2D eigenvalue weighted by Crippen LogP contribution is -2.44. The molecule has 0 spiro atoms. The number of nitrogens with zero attached hydrogens (tertiary/aromatic N) is 4. The van der Waals surface area contributed by atoms with Crippen LogP contribution in [0.15, 0.2) is 60.7 Å². The fourth-order valence-electron chi connectivity index (χ4n) is 3.96. The highest BCUT2D eigenvalue weighted by atomic mass is 16.4. The molecule has 0 atom stereocenters. The number of carbonyl (C=O) groups is 2. The van der Waals surface area contributed by atoms with Crippen LogP contribution in [-0.4, -0.2) is 49.2 Å². The van der Waals surface area contributed by atoms with E-state index >= 15 is 0 Å². The Labute approximate surface area is 175 Å². The fraction of sp³-hybridized carbons (Fsp3) is 0.304. The highest BCUT2D eigenvalue weighted by Gasteiger charge is 2.31. The summed E-state index contributed by atoms with van der Waals surface area (Å²) in [5.41, 5.74) is 1.61. The second-order valence-corrected chi connectivity index (χ2v) is 7.49. The molecule has 1 aliphatic rings. The summed E-state index contributed by atoms with van der Waals surface area (Å²) >= 11 is 0. The topological polar surface area (TPSA) is 88.3 Å². The van der Waals surface area contributed by atoms with Crippen LogP contribution in [-0.2, 0) is 4.79 Å². The molecule has 1 N–H and O–H groups in total. The average Bonchev–Trinajstić information content (AvgIpc) is 3.24. The first-order valence-electron chi connectivity index (χ1n) is 10.2. The summed E-state index contributed by atoms with van der Waals surface area (Å²) in [6.07, 6.45) is 4.73. The van der Waals surface area contributed by atoms with Crippen molar-refractivity contribution in [3.63, 3.8) is 0 Å². The van der Waals surface area contributed by atoms with Crippen LogP contribution in [0.5, 0.6) is 0 Å². The summed E-state index contributed by atoms with van der Waals surface area (Å²) in [6, 6.07) is 18.9. The molecule has 0 radical (unpaired) electrons. The first-order valence-corrected chi connectivity index (χ1v) is 10.2. The van der Waals surface area contributed by atoms with Gasteiger partial charge in [-0.05, 0) is 25.0 Å². The molecule has 0 aliphatic heterocycles. The molecule has 1 aliphatic carbocycles. The van der Waals surface area contributed by atoms with Crippen LogP contribution >= 0.6 is 0 Å². The predicted octanol–water partition coefficient (Wildman–Crippen LogP) is 3.79. The summed E-state index contributed by atoms with van der Waals surface area (Å²) in [5.74, 6) is -0.899. The summed E-state index contributed by atoms with van der Waals surface area (Å²) in [7, 11) is 0. The van der Waals surface area contributed by atoms with E-state index in [2.05, 4.69) is 10.1 Å². The highest BCUT2D eigenvalue weighted by molar-refractivity contribution is 5.93. The molecule has 3 aromatic rings. The van der Waals surface area contributed by atoms with E-state index < -0.39 is 11.9 Å². The number of rotatable bonds is 6. The first kappa shape index (κ1) is 19.8. The third-order valence-corrected chi connectivity index (χ3v) is 5.41. The van der Waals surface area contributed by atoms with E-state index in [9.17, 15) is 14.7 Å². The van der Waals surface area contributed by atoms with Crippen molar-refractivity contribution in [1.82, 2.24) is 19.7 Å². The van der Waals surface area contributed by atoms with Crippen molar-refractivity contribution in [1.29, 1.82) is 0 Å². The number of amides is 1. The SMILES string of the molecule is O=C(O)CN(C(=O)c1nc(-c2ccccc2)n(-c2ccccc2)n1)C1CCCCC1. The fourth-order valence-corrected chi connectivity index (χ4v) is 3.96. The van der Waals surface area contributed by atoms with Gasteiger partial charge in [0.25, 0.3) is 5.91 Å². The van der Waals surface area contributed by atoms with Gasteiger partial charge in [-0.25, -0.2) is 9.67 Å². The van der Waals surface area contributed by atoms with E-state index in [1.54, 1.807) is 4.68 Å². The Balaban J connectivity index is 1.75. The van der Waals surface area contributed by atoms with Crippen molar-refractivity contribution in [2.24, 2.45) is 0 Å². The molecule has 0 unspecified atom stereocenters. The zero-order valence-electron chi connectivity index (χ0n) is 16.6. The third-order valence-electron chi connectivity index (χ3n) is 5.41. The smallest absolute Gasteiger partial charge is 0.323 e. The van der Waals surface area contributed by atoms with Crippen molar-refractivity contribution in [3.05, 3.63) is 66.5 Å². The van der Waals surface area contributed by atoms with Gasteiger partial charge in [0.05, 0.1) is 5.69 Å². The number of hydrogen-bond acceptors (Lipinski definition) is 4. The molecule has 0 bridgehead atoms. The molecule has 1 fully saturated rings. The summed E-state index contributed by atoms with van der Waals surface area (Å²) in [4.78, 5) is 30.8. The number of carboxylic acid groups (broad SMARTS) is 1. The van der Waals surface area contributed by atoms with Gasteiger partial charge in [0.15, 0.2) is 5.82 Å². The predicted molar refractivity (Wildman–Crippen MR) is 112 cm³/mol. The zero-order valence-corrected chi connectivity index (χ0v) is 16.6. The molecule has 30 heavy (non-hydrogen) atoms. The van der Waals surface area contributed by atoms with Gasteiger partial charge in [-0.2, -0.15) is 0 Å². The van der Waals surface area contributed by atoms with Crippen molar-refractivity contribution in [2.45, 2.75) is 38.1 Å². The Morgan fingerprint density at radius 2 is 1.60 bits per heavy atom. The van der Waals surface area contributed by atoms with Gasteiger partial charge in [0.2, 0.25) is 5.82 Å². The number of carbonyl (C=O) groups excluding carboxylic acids is 1. The normalized spacial score (nSPS) is 14.4. The van der Waals surface area contributed by atoms with E-state index in [-0.39, 0.29) is 18.4 Å². The summed E-state index contributed by atoms with van der Waals surface area (Å²) in [6.45, 7) is -0.343. The van der Waals surface area contributed by atoms with E-state index in [0.29, 0.717) is 5.82 Å². The van der Waals surface area contributed by atoms with Crippen LogP contribution in [0.4, 0.5) is 0 Å². The van der Waals surface area contributed by atoms with Crippen LogP contribution in [0.3, 0.4) is 0 Å². The molecular weight excluding hydrogens is 380 g/mol. The third kappa shape index (κ3) is 4.25. The molecule has 1 heterocycles. The Kier molecular flexibility index (Phi) is 5.88. The molecular formula is C23H24N4O3. The molecule has 1 amide bonds. The summed E-state index contributed by atoms with van der Waals surface area (Å²) < 4.78 is 1.64. The molecule has 154 valence electrons. The molecule has 4 rings (SSSR count). The van der Waals surface area contributed by atoms with E-state index in [1.807, 2.05) is 60.7 Å². The van der Waals surface area contributed by atoms with Crippen LogP contribution in [0.2, 0.25) is 0 Å². The lowest BCUT2D eigenvalue weighted by molar-refractivity contribution is -0.138. The minimum absolute atomic E-state index is 0.0181. The van der Waals surface area contributed by atoms with Crippen molar-refractivity contribution in [2.75, 3.05) is 6.54 Å². The molecule has 2 aromatic carbocycles. The van der Waals surface area contributed by atoms with Gasteiger partial charge in [0, 0.05) is 11.6 Å². The first-order chi connectivity index (χ1) is 14.6. The van der Waals surface area contributed by atoms with Gasteiger partial charge in [-0.1, -0.05) is 67.8 Å². The summed E-state index contributed by atoms with van der Waals surface area (Å²) in [5, 5.41) is 13.9.